The van der Waals surface area contributed by atoms with Crippen molar-refractivity contribution in [3.8, 4) is 0 Å². The normalized spacial score (nSPS) is 37.8. The standard InChI is InChI=1S/C20H36O4/c1-3-17(19-13-21-8-10-23-19)15-6-5-7-16(12-15)18(4-2)20-14-22-9-11-24-20/h15-20H,3-14H2,1-2H3. The average molecular weight is 341 g/mol. The van der Waals surface area contributed by atoms with Crippen LogP contribution in [0.3, 0.4) is 0 Å². The highest BCUT2D eigenvalue weighted by atomic mass is 16.6. The molecule has 2 heterocycles. The van der Waals surface area contributed by atoms with Gasteiger partial charge < -0.3 is 18.9 Å². The Morgan fingerprint density at radius 2 is 1.25 bits per heavy atom. The number of hydrogen-bond donors (Lipinski definition) is 0. The van der Waals surface area contributed by atoms with Gasteiger partial charge in [-0.05, 0) is 30.1 Å². The van der Waals surface area contributed by atoms with Gasteiger partial charge in [-0.25, -0.2) is 0 Å². The second-order valence-corrected chi connectivity index (χ2v) is 7.80. The van der Waals surface area contributed by atoms with E-state index in [0.717, 1.165) is 51.5 Å². The highest BCUT2D eigenvalue weighted by Gasteiger charge is 2.38. The lowest BCUT2D eigenvalue weighted by Gasteiger charge is -2.43. The highest BCUT2D eigenvalue weighted by molar-refractivity contribution is 4.88. The summed E-state index contributed by atoms with van der Waals surface area (Å²) in [6, 6.07) is 0. The summed E-state index contributed by atoms with van der Waals surface area (Å²) in [5.41, 5.74) is 0. The van der Waals surface area contributed by atoms with Gasteiger partial charge in [0.15, 0.2) is 0 Å². The van der Waals surface area contributed by atoms with Crippen LogP contribution in [0.25, 0.3) is 0 Å². The Balaban J connectivity index is 1.61. The maximum Gasteiger partial charge on any atom is 0.0840 e. The Morgan fingerprint density at radius 3 is 1.62 bits per heavy atom. The monoisotopic (exact) mass is 340 g/mol. The molecule has 0 aromatic heterocycles. The fourth-order valence-electron chi connectivity index (χ4n) is 5.35. The summed E-state index contributed by atoms with van der Waals surface area (Å²) in [7, 11) is 0. The van der Waals surface area contributed by atoms with Gasteiger partial charge in [-0.3, -0.25) is 0 Å². The summed E-state index contributed by atoms with van der Waals surface area (Å²) in [4.78, 5) is 0. The molecule has 3 rings (SSSR count). The highest BCUT2D eigenvalue weighted by Crippen LogP contribution is 2.42. The zero-order valence-electron chi connectivity index (χ0n) is 15.6. The van der Waals surface area contributed by atoms with Crippen LogP contribution in [0.1, 0.15) is 52.4 Å². The minimum Gasteiger partial charge on any atom is -0.376 e. The van der Waals surface area contributed by atoms with E-state index in [0.29, 0.717) is 24.0 Å². The molecule has 3 fully saturated rings. The second-order valence-electron chi connectivity index (χ2n) is 7.80. The van der Waals surface area contributed by atoms with Crippen LogP contribution < -0.4 is 0 Å². The van der Waals surface area contributed by atoms with Crippen molar-refractivity contribution in [2.24, 2.45) is 23.7 Å². The van der Waals surface area contributed by atoms with E-state index in [1.54, 1.807) is 0 Å². The van der Waals surface area contributed by atoms with Crippen molar-refractivity contribution < 1.29 is 18.9 Å². The number of ether oxygens (including phenoxy) is 4. The lowest BCUT2D eigenvalue weighted by Crippen LogP contribution is -2.43. The topological polar surface area (TPSA) is 36.9 Å². The molecule has 0 aromatic carbocycles. The fraction of sp³-hybridized carbons (Fsp3) is 1.00. The summed E-state index contributed by atoms with van der Waals surface area (Å²) < 4.78 is 23.5. The summed E-state index contributed by atoms with van der Waals surface area (Å²) in [6.07, 6.45) is 8.40. The zero-order chi connectivity index (χ0) is 16.8. The van der Waals surface area contributed by atoms with Crippen molar-refractivity contribution in [3.63, 3.8) is 0 Å². The molecule has 0 radical (unpaired) electrons. The summed E-state index contributed by atoms with van der Waals surface area (Å²) in [6.45, 7) is 9.27. The number of hydrogen-bond acceptors (Lipinski definition) is 4. The van der Waals surface area contributed by atoms with Crippen LogP contribution in [0.2, 0.25) is 0 Å². The Bertz CT molecular complexity index is 318. The Morgan fingerprint density at radius 1 is 0.750 bits per heavy atom. The molecule has 24 heavy (non-hydrogen) atoms. The fourth-order valence-corrected chi connectivity index (χ4v) is 5.35. The molecule has 0 bridgehead atoms. The summed E-state index contributed by atoms with van der Waals surface area (Å²) in [5.74, 6) is 2.85. The van der Waals surface area contributed by atoms with E-state index in [4.69, 9.17) is 18.9 Å². The van der Waals surface area contributed by atoms with Gasteiger partial charge >= 0.3 is 0 Å². The van der Waals surface area contributed by atoms with Crippen molar-refractivity contribution in [2.75, 3.05) is 39.6 Å². The van der Waals surface area contributed by atoms with E-state index in [9.17, 15) is 0 Å². The van der Waals surface area contributed by atoms with Gasteiger partial charge in [0.2, 0.25) is 0 Å². The van der Waals surface area contributed by atoms with Crippen LogP contribution in [0.4, 0.5) is 0 Å². The molecule has 4 nitrogen and oxygen atoms in total. The largest absolute Gasteiger partial charge is 0.376 e. The predicted molar refractivity (Wildman–Crippen MR) is 94.1 cm³/mol. The Kier molecular flexibility index (Phi) is 7.38. The van der Waals surface area contributed by atoms with E-state index in [1.165, 1.54) is 38.5 Å². The van der Waals surface area contributed by atoms with Crippen LogP contribution in [0.15, 0.2) is 0 Å². The first-order chi connectivity index (χ1) is 11.8. The van der Waals surface area contributed by atoms with E-state index in [2.05, 4.69) is 13.8 Å². The number of rotatable bonds is 6. The molecule has 6 unspecified atom stereocenters. The van der Waals surface area contributed by atoms with Crippen LogP contribution in [-0.2, 0) is 18.9 Å². The van der Waals surface area contributed by atoms with Gasteiger partial charge in [0, 0.05) is 0 Å². The van der Waals surface area contributed by atoms with Crippen LogP contribution in [-0.4, -0.2) is 51.8 Å². The third-order valence-corrected chi connectivity index (χ3v) is 6.55. The molecule has 3 aliphatic rings. The van der Waals surface area contributed by atoms with Crippen LogP contribution in [0.5, 0.6) is 0 Å². The van der Waals surface area contributed by atoms with Crippen LogP contribution >= 0.6 is 0 Å². The smallest absolute Gasteiger partial charge is 0.0840 e. The van der Waals surface area contributed by atoms with Gasteiger partial charge in [-0.1, -0.05) is 46.0 Å². The molecule has 2 saturated heterocycles. The third-order valence-electron chi connectivity index (χ3n) is 6.55. The minimum absolute atomic E-state index is 0.307. The summed E-state index contributed by atoms with van der Waals surface area (Å²) in [5, 5.41) is 0. The molecule has 1 saturated carbocycles. The molecule has 0 amide bonds. The molecule has 140 valence electrons. The molecule has 2 aliphatic heterocycles. The first-order valence-electron chi connectivity index (χ1n) is 10.2. The van der Waals surface area contributed by atoms with Gasteiger partial charge in [0.1, 0.15) is 0 Å². The lowest BCUT2D eigenvalue weighted by atomic mass is 9.67. The van der Waals surface area contributed by atoms with Gasteiger partial charge in [-0.15, -0.1) is 0 Å². The summed E-state index contributed by atoms with van der Waals surface area (Å²) >= 11 is 0. The third kappa shape index (κ3) is 4.51. The van der Waals surface area contributed by atoms with Crippen molar-refractivity contribution >= 4 is 0 Å². The first-order valence-corrected chi connectivity index (χ1v) is 10.2. The zero-order valence-corrected chi connectivity index (χ0v) is 15.6. The molecule has 0 aromatic rings. The van der Waals surface area contributed by atoms with Crippen molar-refractivity contribution in [1.82, 2.24) is 0 Å². The maximum atomic E-state index is 6.05. The van der Waals surface area contributed by atoms with Crippen molar-refractivity contribution in [3.05, 3.63) is 0 Å². The second kappa shape index (κ2) is 9.51. The van der Waals surface area contributed by atoms with Gasteiger partial charge in [0.05, 0.1) is 51.8 Å². The molecule has 1 aliphatic carbocycles. The molecular weight excluding hydrogens is 304 g/mol. The Hall–Kier alpha value is -0.160. The lowest BCUT2D eigenvalue weighted by molar-refractivity contribution is -0.135. The van der Waals surface area contributed by atoms with E-state index < -0.39 is 0 Å². The van der Waals surface area contributed by atoms with Crippen molar-refractivity contribution in [2.45, 2.75) is 64.6 Å². The van der Waals surface area contributed by atoms with E-state index in [1.807, 2.05) is 0 Å². The van der Waals surface area contributed by atoms with Gasteiger partial charge in [-0.2, -0.15) is 0 Å². The van der Waals surface area contributed by atoms with Crippen molar-refractivity contribution in [1.29, 1.82) is 0 Å². The SMILES string of the molecule is CCC(C1CCCC(C(CC)C2COCCO2)C1)C1COCCO1. The maximum absolute atomic E-state index is 6.05. The molecule has 4 heteroatoms. The minimum atomic E-state index is 0.307. The van der Waals surface area contributed by atoms with E-state index in [-0.39, 0.29) is 0 Å². The molecule has 0 spiro atoms. The van der Waals surface area contributed by atoms with Gasteiger partial charge in [0.25, 0.3) is 0 Å². The molecule has 0 N–H and O–H groups in total. The molecular formula is C20H36O4. The predicted octanol–water partition coefficient (Wildman–Crippen LogP) is 3.68. The Labute approximate surface area is 147 Å². The van der Waals surface area contributed by atoms with Crippen LogP contribution in [0, 0.1) is 23.7 Å². The molecule has 6 atom stereocenters. The van der Waals surface area contributed by atoms with E-state index >= 15 is 0 Å². The first kappa shape index (κ1) is 18.6. The quantitative estimate of drug-likeness (QED) is 0.739. The average Bonchev–Trinajstić information content (AvgIpc) is 2.65.